The van der Waals surface area contributed by atoms with Gasteiger partial charge in [0.2, 0.25) is 0 Å². The minimum atomic E-state index is 0.640. The van der Waals surface area contributed by atoms with Crippen LogP contribution < -0.4 is 11.5 Å². The number of allylic oxidation sites excluding steroid dienone is 1. The second-order valence-corrected chi connectivity index (χ2v) is 14.1. The van der Waals surface area contributed by atoms with Crippen molar-refractivity contribution in [3.8, 4) is 22.5 Å². The van der Waals surface area contributed by atoms with Gasteiger partial charge in [-0.2, -0.15) is 0 Å². The molecule has 0 amide bonds. The Labute approximate surface area is 327 Å². The highest BCUT2D eigenvalue weighted by Crippen LogP contribution is 2.36. The van der Waals surface area contributed by atoms with Gasteiger partial charge in [-0.3, -0.25) is 0 Å². The lowest BCUT2D eigenvalue weighted by atomic mass is 10.0. The lowest BCUT2D eigenvalue weighted by Crippen LogP contribution is -2.02. The molecule has 0 spiro atoms. The second kappa shape index (κ2) is 15.3. The Balaban J connectivity index is 0.000000459. The Morgan fingerprint density at radius 1 is 0.411 bits per heavy atom. The smallest absolute Gasteiger partial charge is 0.0541 e. The van der Waals surface area contributed by atoms with Crippen molar-refractivity contribution in [3.63, 3.8) is 0 Å². The number of hydrogen-bond donors (Lipinski definition) is 2. The molecule has 270 valence electrons. The van der Waals surface area contributed by atoms with E-state index in [2.05, 4.69) is 179 Å². The van der Waals surface area contributed by atoms with E-state index < -0.39 is 0 Å². The number of nitrogens with two attached hydrogens (primary N) is 2. The summed E-state index contributed by atoms with van der Waals surface area (Å²) in [7, 11) is 0. The quantitative estimate of drug-likeness (QED) is 0.172. The summed E-state index contributed by atoms with van der Waals surface area (Å²) in [6.45, 7) is 0.640. The SMILES string of the molecule is N/C(=C\Cc1cc(-n2c3ccccc3c3ccccc32)cc(-n2c3ccccc3c3ccccc32)c1)c1ccc(-c2ccccc2)cc1.NCc1ccccc1. The third-order valence-corrected chi connectivity index (χ3v) is 10.6. The molecule has 0 aliphatic rings. The minimum Gasteiger partial charge on any atom is -0.398 e. The summed E-state index contributed by atoms with van der Waals surface area (Å²) in [6, 6.07) is 70.7. The highest BCUT2D eigenvalue weighted by atomic mass is 15.0. The molecule has 0 unspecified atom stereocenters. The van der Waals surface area contributed by atoms with Crippen molar-refractivity contribution in [3.05, 3.63) is 223 Å². The van der Waals surface area contributed by atoms with Crippen molar-refractivity contribution < 1.29 is 0 Å². The largest absolute Gasteiger partial charge is 0.398 e. The third-order valence-electron chi connectivity index (χ3n) is 10.6. The van der Waals surface area contributed by atoms with Crippen molar-refractivity contribution in [1.29, 1.82) is 0 Å². The van der Waals surface area contributed by atoms with Gasteiger partial charge in [0.15, 0.2) is 0 Å². The molecule has 0 atom stereocenters. The molecule has 2 aromatic heterocycles. The zero-order chi connectivity index (χ0) is 37.8. The van der Waals surface area contributed by atoms with Crippen LogP contribution in [0.2, 0.25) is 0 Å². The number of nitrogens with zero attached hydrogens (tertiary/aromatic N) is 2. The van der Waals surface area contributed by atoms with Crippen LogP contribution in [0.4, 0.5) is 0 Å². The van der Waals surface area contributed by atoms with Crippen LogP contribution in [0.1, 0.15) is 16.7 Å². The molecule has 0 bridgehead atoms. The van der Waals surface area contributed by atoms with E-state index in [-0.39, 0.29) is 0 Å². The molecule has 2 heterocycles. The van der Waals surface area contributed by atoms with E-state index in [1.807, 2.05) is 36.4 Å². The summed E-state index contributed by atoms with van der Waals surface area (Å²) in [6.07, 6.45) is 2.85. The normalized spacial score (nSPS) is 11.6. The van der Waals surface area contributed by atoms with Crippen LogP contribution in [0.15, 0.2) is 206 Å². The highest BCUT2D eigenvalue weighted by molar-refractivity contribution is 6.10. The summed E-state index contributed by atoms with van der Waals surface area (Å²) in [5, 5.41) is 5.00. The fourth-order valence-corrected chi connectivity index (χ4v) is 7.88. The fourth-order valence-electron chi connectivity index (χ4n) is 7.88. The molecule has 4 nitrogen and oxygen atoms in total. The van der Waals surface area contributed by atoms with Crippen molar-refractivity contribution in [2.75, 3.05) is 0 Å². The van der Waals surface area contributed by atoms with E-state index in [1.165, 1.54) is 65.9 Å². The number of rotatable bonds is 7. The lowest BCUT2D eigenvalue weighted by molar-refractivity contribution is 1.07. The van der Waals surface area contributed by atoms with E-state index >= 15 is 0 Å². The van der Waals surface area contributed by atoms with Gasteiger partial charge in [-0.1, -0.05) is 164 Å². The fraction of sp³-hybridized carbons (Fsp3) is 0.0385. The minimum absolute atomic E-state index is 0.640. The van der Waals surface area contributed by atoms with Gasteiger partial charge in [-0.25, -0.2) is 0 Å². The summed E-state index contributed by atoms with van der Waals surface area (Å²) in [4.78, 5) is 0. The number of fused-ring (bicyclic) bond motifs is 6. The standard InChI is InChI=1S/C45H33N3.C7H9N/c46-41(34-25-23-33(24-26-34)32-12-2-1-3-13-32)27-22-31-28-35(47-42-18-8-4-14-37(42)38-15-5-9-19-43(38)47)30-36(29-31)48-44-20-10-6-16-39(44)40-17-7-11-21-45(40)48;8-6-7-4-2-1-3-5-7/h1-21,23-30H,22,46H2;1-5H,6,8H2/b41-27-;. The van der Waals surface area contributed by atoms with E-state index in [0.717, 1.165) is 22.6 Å². The molecule has 0 aliphatic carbocycles. The summed E-state index contributed by atoms with van der Waals surface area (Å²) in [5.74, 6) is 0. The van der Waals surface area contributed by atoms with Crippen molar-refractivity contribution in [2.45, 2.75) is 13.0 Å². The molecule has 56 heavy (non-hydrogen) atoms. The maximum Gasteiger partial charge on any atom is 0.0541 e. The van der Waals surface area contributed by atoms with Gasteiger partial charge < -0.3 is 20.6 Å². The van der Waals surface area contributed by atoms with Crippen LogP contribution in [-0.2, 0) is 13.0 Å². The van der Waals surface area contributed by atoms with Crippen LogP contribution in [0.5, 0.6) is 0 Å². The Morgan fingerprint density at radius 3 is 1.23 bits per heavy atom. The topological polar surface area (TPSA) is 61.9 Å². The number of aromatic nitrogens is 2. The van der Waals surface area contributed by atoms with Gasteiger partial charge >= 0.3 is 0 Å². The molecule has 0 radical (unpaired) electrons. The zero-order valence-corrected chi connectivity index (χ0v) is 31.1. The van der Waals surface area contributed by atoms with E-state index in [4.69, 9.17) is 11.5 Å². The number of benzene rings is 8. The Hall–Kier alpha value is -7.14. The first-order chi connectivity index (χ1) is 27.7. The Morgan fingerprint density at radius 2 is 0.804 bits per heavy atom. The highest BCUT2D eigenvalue weighted by Gasteiger charge is 2.16. The summed E-state index contributed by atoms with van der Waals surface area (Å²) in [5.41, 5.74) is 25.7. The molecule has 4 N–H and O–H groups in total. The predicted octanol–water partition coefficient (Wildman–Crippen LogP) is 12.2. The summed E-state index contributed by atoms with van der Waals surface area (Å²) >= 11 is 0. The van der Waals surface area contributed by atoms with Crippen molar-refractivity contribution in [1.82, 2.24) is 9.13 Å². The zero-order valence-electron chi connectivity index (χ0n) is 31.1. The monoisotopic (exact) mass is 722 g/mol. The molecule has 0 saturated heterocycles. The van der Waals surface area contributed by atoms with Crippen LogP contribution in [0, 0.1) is 0 Å². The van der Waals surface area contributed by atoms with Gasteiger partial charge in [0, 0.05) is 45.2 Å². The average molecular weight is 723 g/mol. The van der Waals surface area contributed by atoms with Gasteiger partial charge in [0.1, 0.15) is 0 Å². The van der Waals surface area contributed by atoms with E-state index in [1.54, 1.807) is 0 Å². The van der Waals surface area contributed by atoms with E-state index in [9.17, 15) is 0 Å². The molecule has 10 aromatic rings. The van der Waals surface area contributed by atoms with Crippen molar-refractivity contribution >= 4 is 49.3 Å². The van der Waals surface area contributed by atoms with Gasteiger partial charge in [0.25, 0.3) is 0 Å². The van der Waals surface area contributed by atoms with Gasteiger partial charge in [-0.15, -0.1) is 0 Å². The molecular weight excluding hydrogens is 681 g/mol. The number of para-hydroxylation sites is 4. The van der Waals surface area contributed by atoms with Crippen LogP contribution >= 0.6 is 0 Å². The first-order valence-corrected chi connectivity index (χ1v) is 19.1. The molecule has 10 rings (SSSR count). The molecule has 0 fully saturated rings. The first-order valence-electron chi connectivity index (χ1n) is 19.1. The Bertz CT molecular complexity index is 2730. The predicted molar refractivity (Wildman–Crippen MR) is 237 cm³/mol. The summed E-state index contributed by atoms with van der Waals surface area (Å²) < 4.78 is 4.81. The second-order valence-electron chi connectivity index (χ2n) is 14.1. The molecule has 8 aromatic carbocycles. The van der Waals surface area contributed by atoms with Crippen LogP contribution in [0.25, 0.3) is 71.8 Å². The van der Waals surface area contributed by atoms with Gasteiger partial charge in [0.05, 0.1) is 22.1 Å². The molecule has 0 saturated carbocycles. The first kappa shape index (κ1) is 34.6. The van der Waals surface area contributed by atoms with Crippen molar-refractivity contribution in [2.24, 2.45) is 11.5 Å². The molecular formula is C52H42N4. The maximum absolute atomic E-state index is 6.75. The molecule has 0 aliphatic heterocycles. The lowest BCUT2D eigenvalue weighted by Gasteiger charge is -2.15. The third kappa shape index (κ3) is 6.64. The number of hydrogen-bond acceptors (Lipinski definition) is 2. The van der Waals surface area contributed by atoms with E-state index in [0.29, 0.717) is 13.0 Å². The van der Waals surface area contributed by atoms with Crippen LogP contribution in [0.3, 0.4) is 0 Å². The molecule has 4 heteroatoms. The average Bonchev–Trinajstić information content (AvgIpc) is 3.79. The van der Waals surface area contributed by atoms with Gasteiger partial charge in [-0.05, 0) is 76.7 Å². The Kier molecular flexibility index (Phi) is 9.46. The maximum atomic E-state index is 6.75. The van der Waals surface area contributed by atoms with Crippen LogP contribution in [-0.4, -0.2) is 9.13 Å².